The van der Waals surface area contributed by atoms with E-state index in [1.807, 2.05) is 12.1 Å². The van der Waals surface area contributed by atoms with Crippen LogP contribution < -0.4 is 4.90 Å². The highest BCUT2D eigenvalue weighted by Gasteiger charge is 2.28. The van der Waals surface area contributed by atoms with Crippen molar-refractivity contribution in [3.05, 3.63) is 47.8 Å². The highest BCUT2D eigenvalue weighted by Crippen LogP contribution is 2.21. The number of benzene rings is 1. The molecule has 1 fully saturated rings. The average molecular weight is 444 g/mol. The Morgan fingerprint density at radius 3 is 2.39 bits per heavy atom. The van der Waals surface area contributed by atoms with Gasteiger partial charge in [-0.05, 0) is 36.8 Å². The van der Waals surface area contributed by atoms with E-state index in [-0.39, 0.29) is 10.8 Å². The van der Waals surface area contributed by atoms with Crippen LogP contribution in [-0.4, -0.2) is 67.4 Å². The molecule has 0 aliphatic carbocycles. The monoisotopic (exact) mass is 443 g/mol. The zero-order chi connectivity index (χ0) is 22.6. The maximum absolute atomic E-state index is 13.2. The number of sulfonamides is 1. The number of rotatable bonds is 6. The number of aryl methyl sites for hydroxylation is 1. The van der Waals surface area contributed by atoms with Gasteiger partial charge in [-0.25, -0.2) is 8.42 Å². The third-order valence-electron chi connectivity index (χ3n) is 5.69. The minimum Gasteiger partial charge on any atom is -0.370 e. The van der Waals surface area contributed by atoms with Crippen molar-refractivity contribution in [1.29, 1.82) is 5.26 Å². The van der Waals surface area contributed by atoms with Crippen LogP contribution in [0.4, 0.5) is 5.69 Å². The molecule has 166 valence electrons. The van der Waals surface area contributed by atoms with Crippen LogP contribution in [0.3, 0.4) is 0 Å². The van der Waals surface area contributed by atoms with Gasteiger partial charge in [-0.1, -0.05) is 13.8 Å². The van der Waals surface area contributed by atoms with Gasteiger partial charge in [0.1, 0.15) is 10.6 Å². The third-order valence-corrected chi connectivity index (χ3v) is 7.70. The normalized spacial score (nSPS) is 15.1. The number of carbonyl (C=O) groups excluding carboxylic acids is 1. The van der Waals surface area contributed by atoms with E-state index in [0.717, 1.165) is 18.7 Å². The van der Waals surface area contributed by atoms with Gasteiger partial charge in [0.15, 0.2) is 0 Å². The lowest BCUT2D eigenvalue weighted by Crippen LogP contribution is -2.36. The van der Waals surface area contributed by atoms with E-state index in [9.17, 15) is 13.2 Å². The van der Waals surface area contributed by atoms with Crippen LogP contribution in [0.15, 0.2) is 41.4 Å². The quantitative estimate of drug-likeness (QED) is 0.683. The van der Waals surface area contributed by atoms with Crippen LogP contribution in [0.2, 0.25) is 0 Å². The van der Waals surface area contributed by atoms with Gasteiger partial charge in [-0.3, -0.25) is 4.79 Å². The zero-order valence-electron chi connectivity index (χ0n) is 18.3. The number of amides is 1. The maximum Gasteiger partial charge on any atom is 0.270 e. The number of hydrogen-bond acceptors (Lipinski definition) is 5. The molecule has 0 unspecified atom stereocenters. The Balaban J connectivity index is 1.75. The van der Waals surface area contributed by atoms with E-state index in [4.69, 9.17) is 5.26 Å². The van der Waals surface area contributed by atoms with Crippen molar-refractivity contribution in [1.82, 2.24) is 13.8 Å². The maximum atomic E-state index is 13.2. The molecule has 0 N–H and O–H groups in total. The van der Waals surface area contributed by atoms with Crippen LogP contribution in [0, 0.1) is 11.3 Å². The summed E-state index contributed by atoms with van der Waals surface area (Å²) in [5.41, 5.74) is 2.02. The standard InChI is InChI=1S/C22H29N5O3S/c1-4-27(5-2)31(29,30)20-15-21(24(3)17-20)22(28)26-12-6-11-25(13-14-26)19-9-7-18(16-23)8-10-19/h7-10,15,17H,4-6,11-14H2,1-3H3. The first-order valence-corrected chi connectivity index (χ1v) is 12.0. The van der Waals surface area contributed by atoms with Crippen LogP contribution >= 0.6 is 0 Å². The zero-order valence-corrected chi connectivity index (χ0v) is 19.1. The van der Waals surface area contributed by atoms with Crippen molar-refractivity contribution < 1.29 is 13.2 Å². The topological polar surface area (TPSA) is 89.7 Å². The fraction of sp³-hybridized carbons (Fsp3) is 0.455. The van der Waals surface area contributed by atoms with E-state index in [2.05, 4.69) is 11.0 Å². The van der Waals surface area contributed by atoms with Gasteiger partial charge in [0, 0.05) is 58.2 Å². The second-order valence-corrected chi connectivity index (χ2v) is 9.49. The van der Waals surface area contributed by atoms with E-state index >= 15 is 0 Å². The predicted molar refractivity (Wildman–Crippen MR) is 119 cm³/mol. The Bertz CT molecular complexity index is 1070. The molecule has 0 saturated carbocycles. The van der Waals surface area contributed by atoms with E-state index in [0.29, 0.717) is 44.0 Å². The van der Waals surface area contributed by atoms with Crippen molar-refractivity contribution in [2.75, 3.05) is 44.2 Å². The number of carbonyl (C=O) groups is 1. The number of nitriles is 1. The molecule has 0 bridgehead atoms. The lowest BCUT2D eigenvalue weighted by Gasteiger charge is -2.24. The molecule has 1 aliphatic heterocycles. The van der Waals surface area contributed by atoms with Crippen molar-refractivity contribution >= 4 is 21.6 Å². The highest BCUT2D eigenvalue weighted by molar-refractivity contribution is 7.89. The number of nitrogens with zero attached hydrogens (tertiary/aromatic N) is 5. The molecule has 2 heterocycles. The second kappa shape index (κ2) is 9.54. The Hall–Kier alpha value is -2.83. The highest BCUT2D eigenvalue weighted by atomic mass is 32.2. The van der Waals surface area contributed by atoms with Crippen molar-refractivity contribution in [2.45, 2.75) is 25.2 Å². The molecule has 1 amide bonds. The van der Waals surface area contributed by atoms with Gasteiger partial charge in [0.05, 0.1) is 11.6 Å². The number of anilines is 1. The van der Waals surface area contributed by atoms with Gasteiger partial charge >= 0.3 is 0 Å². The van der Waals surface area contributed by atoms with Gasteiger partial charge < -0.3 is 14.4 Å². The van der Waals surface area contributed by atoms with Crippen molar-refractivity contribution in [3.63, 3.8) is 0 Å². The largest absolute Gasteiger partial charge is 0.370 e. The van der Waals surface area contributed by atoms with Crippen molar-refractivity contribution in [3.8, 4) is 6.07 Å². The molecule has 0 atom stereocenters. The molecule has 1 aromatic heterocycles. The van der Waals surface area contributed by atoms with E-state index in [1.54, 1.807) is 42.5 Å². The molecule has 0 spiro atoms. The van der Waals surface area contributed by atoms with E-state index in [1.165, 1.54) is 16.6 Å². The van der Waals surface area contributed by atoms with Crippen molar-refractivity contribution in [2.24, 2.45) is 7.05 Å². The summed E-state index contributed by atoms with van der Waals surface area (Å²) in [6.45, 7) is 7.00. The molecule has 8 nitrogen and oxygen atoms in total. The molecular formula is C22H29N5O3S. The first-order valence-electron chi connectivity index (χ1n) is 10.5. The molecule has 1 aromatic carbocycles. The Morgan fingerprint density at radius 1 is 1.10 bits per heavy atom. The first-order chi connectivity index (χ1) is 14.8. The average Bonchev–Trinajstić information content (AvgIpc) is 3.01. The minimum atomic E-state index is -3.61. The molecule has 31 heavy (non-hydrogen) atoms. The lowest BCUT2D eigenvalue weighted by molar-refractivity contribution is 0.0757. The van der Waals surface area contributed by atoms with Crippen LogP contribution in [0.5, 0.6) is 0 Å². The van der Waals surface area contributed by atoms with Crippen LogP contribution in [0.1, 0.15) is 36.3 Å². The number of aromatic nitrogens is 1. The van der Waals surface area contributed by atoms with E-state index < -0.39 is 10.0 Å². The summed E-state index contributed by atoms with van der Waals surface area (Å²) in [5.74, 6) is -0.162. The summed E-state index contributed by atoms with van der Waals surface area (Å²) < 4.78 is 28.6. The van der Waals surface area contributed by atoms with Crippen LogP contribution in [-0.2, 0) is 17.1 Å². The SMILES string of the molecule is CCN(CC)S(=O)(=O)c1cc(C(=O)N2CCCN(c3ccc(C#N)cc3)CC2)n(C)c1. The summed E-state index contributed by atoms with van der Waals surface area (Å²) in [4.78, 5) is 17.3. The van der Waals surface area contributed by atoms with Crippen LogP contribution in [0.25, 0.3) is 0 Å². The predicted octanol–water partition coefficient (Wildman–Crippen LogP) is 2.28. The van der Waals surface area contributed by atoms with Gasteiger partial charge in [0.25, 0.3) is 5.91 Å². The number of hydrogen-bond donors (Lipinski definition) is 0. The minimum absolute atomic E-state index is 0.149. The smallest absolute Gasteiger partial charge is 0.270 e. The summed E-state index contributed by atoms with van der Waals surface area (Å²) in [6.07, 6.45) is 2.32. The summed E-state index contributed by atoms with van der Waals surface area (Å²) >= 11 is 0. The second-order valence-electron chi connectivity index (χ2n) is 7.55. The summed E-state index contributed by atoms with van der Waals surface area (Å²) in [7, 11) is -1.91. The summed E-state index contributed by atoms with van der Waals surface area (Å²) in [6, 6.07) is 11.1. The molecule has 3 rings (SSSR count). The third kappa shape index (κ3) is 4.75. The molecule has 0 radical (unpaired) electrons. The van der Waals surface area contributed by atoms with Gasteiger partial charge in [-0.15, -0.1) is 0 Å². The first kappa shape index (κ1) is 22.8. The lowest BCUT2D eigenvalue weighted by atomic mass is 10.2. The fourth-order valence-corrected chi connectivity index (χ4v) is 5.42. The Kier molecular flexibility index (Phi) is 7.03. The van der Waals surface area contributed by atoms with Gasteiger partial charge in [0.2, 0.25) is 10.0 Å². The summed E-state index contributed by atoms with van der Waals surface area (Å²) in [5, 5.41) is 8.97. The molecule has 1 aliphatic rings. The molecular weight excluding hydrogens is 414 g/mol. The molecule has 2 aromatic rings. The molecule has 9 heteroatoms. The Morgan fingerprint density at radius 2 is 1.77 bits per heavy atom. The Labute approximate surface area is 184 Å². The van der Waals surface area contributed by atoms with Gasteiger partial charge in [-0.2, -0.15) is 9.57 Å². The molecule has 1 saturated heterocycles. The fourth-order valence-electron chi connectivity index (χ4n) is 3.89.